The van der Waals surface area contributed by atoms with Crippen molar-refractivity contribution < 1.29 is 9.59 Å². The predicted molar refractivity (Wildman–Crippen MR) is 67.9 cm³/mol. The molecule has 2 atom stereocenters. The third-order valence-corrected chi connectivity index (χ3v) is 4.09. The van der Waals surface area contributed by atoms with Gasteiger partial charge in [-0.1, -0.05) is 13.8 Å². The Labute approximate surface area is 105 Å². The van der Waals surface area contributed by atoms with Gasteiger partial charge in [0.2, 0.25) is 5.91 Å². The molecule has 2 unspecified atom stereocenters. The fourth-order valence-electron chi connectivity index (χ4n) is 2.15. The first-order valence-electron chi connectivity index (χ1n) is 5.86. The molecule has 1 fully saturated rings. The monoisotopic (exact) mass is 255 g/mol. The number of hydrazone groups is 1. The van der Waals surface area contributed by atoms with Crippen LogP contribution in [0, 0.1) is 0 Å². The molecule has 0 bridgehead atoms. The van der Waals surface area contributed by atoms with E-state index in [-0.39, 0.29) is 11.8 Å². The van der Waals surface area contributed by atoms with Gasteiger partial charge in [-0.2, -0.15) is 16.9 Å². The first-order valence-corrected chi connectivity index (χ1v) is 6.80. The maximum Gasteiger partial charge on any atom is 0.270 e. The van der Waals surface area contributed by atoms with Gasteiger partial charge in [-0.05, 0) is 0 Å². The first-order chi connectivity index (χ1) is 8.06. The number of hydrogen-bond donors (Lipinski definition) is 1. The highest BCUT2D eigenvalue weighted by Gasteiger charge is 2.29. The van der Waals surface area contributed by atoms with Gasteiger partial charge in [-0.15, -0.1) is 0 Å². The van der Waals surface area contributed by atoms with E-state index >= 15 is 0 Å². The van der Waals surface area contributed by atoms with E-state index in [9.17, 15) is 9.59 Å². The van der Waals surface area contributed by atoms with Crippen molar-refractivity contribution in [2.75, 3.05) is 13.1 Å². The Morgan fingerprint density at radius 3 is 2.53 bits per heavy atom. The third-order valence-electron chi connectivity index (χ3n) is 2.86. The number of carbonyl (C=O) groups is 2. The van der Waals surface area contributed by atoms with E-state index in [0.29, 0.717) is 29.1 Å². The molecule has 2 rings (SSSR count). The van der Waals surface area contributed by atoms with E-state index in [4.69, 9.17) is 0 Å². The van der Waals surface area contributed by atoms with Crippen molar-refractivity contribution in [3.63, 3.8) is 0 Å². The van der Waals surface area contributed by atoms with Crippen molar-refractivity contribution in [3.8, 4) is 0 Å². The van der Waals surface area contributed by atoms with E-state index in [1.165, 1.54) is 0 Å². The summed E-state index contributed by atoms with van der Waals surface area (Å²) < 4.78 is 0. The van der Waals surface area contributed by atoms with Crippen LogP contribution >= 0.6 is 11.8 Å². The lowest BCUT2D eigenvalue weighted by Gasteiger charge is -2.35. The second kappa shape index (κ2) is 5.08. The summed E-state index contributed by atoms with van der Waals surface area (Å²) >= 11 is 1.91. The Morgan fingerprint density at radius 2 is 2.00 bits per heavy atom. The summed E-state index contributed by atoms with van der Waals surface area (Å²) in [7, 11) is 0. The van der Waals surface area contributed by atoms with Gasteiger partial charge in [0.1, 0.15) is 5.71 Å². The SMILES string of the molecule is CC1CN(C(=O)C2=NNC(=O)CC2)CC(C)S1. The lowest BCUT2D eigenvalue weighted by atomic mass is 10.1. The zero-order valence-electron chi connectivity index (χ0n) is 10.1. The van der Waals surface area contributed by atoms with Gasteiger partial charge in [0, 0.05) is 36.4 Å². The standard InChI is InChI=1S/C11H17N3O2S/c1-7-5-14(6-8(2)17-7)11(16)9-3-4-10(15)13-12-9/h7-8H,3-6H2,1-2H3,(H,13,15). The quantitative estimate of drug-likeness (QED) is 0.746. The van der Waals surface area contributed by atoms with Crippen molar-refractivity contribution in [1.29, 1.82) is 0 Å². The van der Waals surface area contributed by atoms with Crippen molar-refractivity contribution in [3.05, 3.63) is 0 Å². The molecule has 17 heavy (non-hydrogen) atoms. The van der Waals surface area contributed by atoms with Gasteiger partial charge >= 0.3 is 0 Å². The van der Waals surface area contributed by atoms with Crippen LogP contribution in [-0.4, -0.2) is 46.0 Å². The van der Waals surface area contributed by atoms with Crippen LogP contribution in [0.3, 0.4) is 0 Å². The summed E-state index contributed by atoms with van der Waals surface area (Å²) in [4.78, 5) is 25.0. The van der Waals surface area contributed by atoms with Crippen LogP contribution in [0.15, 0.2) is 5.10 Å². The Balaban J connectivity index is 2.02. The largest absolute Gasteiger partial charge is 0.335 e. The zero-order valence-corrected chi connectivity index (χ0v) is 10.9. The molecule has 0 aromatic carbocycles. The molecule has 0 aromatic rings. The Morgan fingerprint density at radius 1 is 1.35 bits per heavy atom. The fourth-order valence-corrected chi connectivity index (χ4v) is 3.48. The predicted octanol–water partition coefficient (Wildman–Crippen LogP) is 0.605. The van der Waals surface area contributed by atoms with Crippen LogP contribution in [0.2, 0.25) is 0 Å². The summed E-state index contributed by atoms with van der Waals surface area (Å²) in [5.41, 5.74) is 2.85. The summed E-state index contributed by atoms with van der Waals surface area (Å²) in [5, 5.41) is 4.77. The summed E-state index contributed by atoms with van der Waals surface area (Å²) in [6.45, 7) is 5.79. The molecule has 0 aromatic heterocycles. The molecular weight excluding hydrogens is 238 g/mol. The molecule has 0 saturated carbocycles. The molecule has 2 aliphatic heterocycles. The van der Waals surface area contributed by atoms with E-state index in [0.717, 1.165) is 13.1 Å². The number of hydrogen-bond acceptors (Lipinski definition) is 4. The number of nitrogens with zero attached hydrogens (tertiary/aromatic N) is 2. The van der Waals surface area contributed by atoms with Crippen molar-refractivity contribution in [2.45, 2.75) is 37.2 Å². The molecule has 0 aliphatic carbocycles. The van der Waals surface area contributed by atoms with Crippen molar-refractivity contribution in [1.82, 2.24) is 10.3 Å². The summed E-state index contributed by atoms with van der Waals surface area (Å²) in [6.07, 6.45) is 0.815. The normalized spacial score (nSPS) is 29.6. The van der Waals surface area contributed by atoms with Gasteiger partial charge in [-0.3, -0.25) is 9.59 Å². The molecule has 94 valence electrons. The molecule has 6 heteroatoms. The van der Waals surface area contributed by atoms with Gasteiger partial charge < -0.3 is 4.90 Å². The minimum absolute atomic E-state index is 0.0241. The fraction of sp³-hybridized carbons (Fsp3) is 0.727. The van der Waals surface area contributed by atoms with Crippen LogP contribution in [0.4, 0.5) is 0 Å². The third kappa shape index (κ3) is 3.00. The van der Waals surface area contributed by atoms with Crippen LogP contribution in [0.5, 0.6) is 0 Å². The second-order valence-corrected chi connectivity index (χ2v) is 6.44. The maximum absolute atomic E-state index is 12.2. The van der Waals surface area contributed by atoms with Crippen LogP contribution in [0.1, 0.15) is 26.7 Å². The van der Waals surface area contributed by atoms with Crippen LogP contribution in [0.25, 0.3) is 0 Å². The lowest BCUT2D eigenvalue weighted by molar-refractivity contribution is -0.124. The number of rotatable bonds is 1. The molecule has 1 N–H and O–H groups in total. The molecule has 2 aliphatic rings. The minimum Gasteiger partial charge on any atom is -0.335 e. The van der Waals surface area contributed by atoms with Gasteiger partial charge in [0.15, 0.2) is 0 Å². The lowest BCUT2D eigenvalue weighted by Crippen LogP contribution is -2.48. The summed E-state index contributed by atoms with van der Waals surface area (Å²) in [6, 6.07) is 0. The highest BCUT2D eigenvalue weighted by molar-refractivity contribution is 8.00. The summed E-state index contributed by atoms with van der Waals surface area (Å²) in [5.74, 6) is -0.138. The maximum atomic E-state index is 12.2. The van der Waals surface area contributed by atoms with E-state index in [2.05, 4.69) is 24.4 Å². The molecule has 0 spiro atoms. The number of carbonyl (C=O) groups excluding carboxylic acids is 2. The second-order valence-electron chi connectivity index (χ2n) is 4.56. The van der Waals surface area contributed by atoms with E-state index < -0.39 is 0 Å². The highest BCUT2D eigenvalue weighted by atomic mass is 32.2. The Hall–Kier alpha value is -1.04. The van der Waals surface area contributed by atoms with E-state index in [1.54, 1.807) is 0 Å². The van der Waals surface area contributed by atoms with Crippen LogP contribution in [-0.2, 0) is 9.59 Å². The Bertz CT molecular complexity index is 360. The van der Waals surface area contributed by atoms with Gasteiger partial charge in [0.25, 0.3) is 5.91 Å². The number of thioether (sulfide) groups is 1. The molecule has 1 saturated heterocycles. The van der Waals surface area contributed by atoms with E-state index in [1.807, 2.05) is 16.7 Å². The molecule has 2 heterocycles. The Kier molecular flexibility index (Phi) is 3.71. The topological polar surface area (TPSA) is 61.8 Å². The van der Waals surface area contributed by atoms with Gasteiger partial charge in [-0.25, -0.2) is 5.43 Å². The average molecular weight is 255 g/mol. The molecule has 0 radical (unpaired) electrons. The zero-order chi connectivity index (χ0) is 12.4. The van der Waals surface area contributed by atoms with Crippen molar-refractivity contribution in [2.24, 2.45) is 5.10 Å². The first kappa shape index (κ1) is 12.4. The van der Waals surface area contributed by atoms with Crippen molar-refractivity contribution >= 4 is 29.3 Å². The highest BCUT2D eigenvalue weighted by Crippen LogP contribution is 2.25. The molecule has 5 nitrogen and oxygen atoms in total. The molecule has 2 amide bonds. The molecular formula is C11H17N3O2S. The average Bonchev–Trinajstić information content (AvgIpc) is 2.28. The van der Waals surface area contributed by atoms with Crippen LogP contribution < -0.4 is 5.43 Å². The minimum atomic E-state index is -0.113. The number of amides is 2. The number of nitrogens with one attached hydrogen (secondary N) is 1. The smallest absolute Gasteiger partial charge is 0.270 e. The van der Waals surface area contributed by atoms with Gasteiger partial charge in [0.05, 0.1) is 0 Å².